The van der Waals surface area contributed by atoms with Crippen molar-refractivity contribution in [1.82, 2.24) is 5.43 Å². The minimum absolute atomic E-state index is 0.0428. The van der Waals surface area contributed by atoms with Gasteiger partial charge in [0.15, 0.2) is 23.0 Å². The summed E-state index contributed by atoms with van der Waals surface area (Å²) in [5.74, 6) is -0.601. The Labute approximate surface area is 229 Å². The molecule has 40 heavy (non-hydrogen) atoms. The first kappa shape index (κ1) is 29.7. The van der Waals surface area contributed by atoms with Crippen LogP contribution in [0.2, 0.25) is 0 Å². The Hall–Kier alpha value is -4.85. The molecular weight excluding hydrogens is 549 g/mol. The van der Waals surface area contributed by atoms with Crippen LogP contribution in [0.3, 0.4) is 0 Å². The summed E-state index contributed by atoms with van der Waals surface area (Å²) in [7, 11) is 0.958. The monoisotopic (exact) mass is 575 g/mol. The summed E-state index contributed by atoms with van der Waals surface area (Å²) in [5, 5.41) is 3.86. The Bertz CT molecular complexity index is 1500. The molecule has 0 heterocycles. The maximum atomic E-state index is 13.6. The van der Waals surface area contributed by atoms with Crippen molar-refractivity contribution in [1.29, 1.82) is 0 Å². The van der Waals surface area contributed by atoms with E-state index in [9.17, 15) is 22.4 Å². The highest BCUT2D eigenvalue weighted by Gasteiger charge is 2.28. The zero-order valence-corrected chi connectivity index (χ0v) is 22.7. The number of halogens is 1. The lowest BCUT2D eigenvalue weighted by Crippen LogP contribution is -2.39. The number of anilines is 1. The quantitative estimate of drug-likeness (QED) is 0.158. The number of carbonyl (C=O) groups is 2. The van der Waals surface area contributed by atoms with E-state index in [1.54, 1.807) is 0 Å². The molecule has 212 valence electrons. The van der Waals surface area contributed by atoms with Crippen molar-refractivity contribution in [3.63, 3.8) is 0 Å². The fourth-order valence-corrected chi connectivity index (χ4v) is 4.79. The van der Waals surface area contributed by atoms with E-state index in [1.807, 2.05) is 0 Å². The van der Waals surface area contributed by atoms with E-state index >= 15 is 0 Å². The molecule has 0 aliphatic carbocycles. The van der Waals surface area contributed by atoms with Gasteiger partial charge < -0.3 is 23.7 Å². The normalized spacial score (nSPS) is 11.0. The summed E-state index contributed by atoms with van der Waals surface area (Å²) in [6.45, 7) is -0.686. The van der Waals surface area contributed by atoms with Gasteiger partial charge in [-0.1, -0.05) is 0 Å². The number of benzene rings is 3. The number of methoxy groups -OCH3 is 4. The molecule has 3 aromatic rings. The van der Waals surface area contributed by atoms with Crippen LogP contribution in [0.1, 0.15) is 5.56 Å². The molecule has 0 aliphatic heterocycles. The molecule has 0 aromatic heterocycles. The molecular formula is C26H26FN3O9S. The molecule has 0 unspecified atom stereocenters. The third-order valence-corrected chi connectivity index (χ3v) is 7.07. The number of sulfonamides is 1. The van der Waals surface area contributed by atoms with Gasteiger partial charge in [-0.25, -0.2) is 23.0 Å². The summed E-state index contributed by atoms with van der Waals surface area (Å²) in [6.07, 6.45) is 0.341. The molecule has 0 fully saturated rings. The van der Waals surface area contributed by atoms with Crippen LogP contribution in [0.4, 0.5) is 14.9 Å². The largest absolute Gasteiger partial charge is 0.513 e. The van der Waals surface area contributed by atoms with E-state index in [4.69, 9.17) is 18.9 Å². The van der Waals surface area contributed by atoms with Crippen LogP contribution in [0.25, 0.3) is 0 Å². The van der Waals surface area contributed by atoms with Crippen molar-refractivity contribution in [2.45, 2.75) is 4.90 Å². The molecule has 3 aromatic carbocycles. The number of carbonyl (C=O) groups excluding carboxylic acids is 2. The van der Waals surface area contributed by atoms with Gasteiger partial charge in [0.25, 0.3) is 15.9 Å². The van der Waals surface area contributed by atoms with Crippen LogP contribution in [-0.2, 0) is 19.6 Å². The van der Waals surface area contributed by atoms with Gasteiger partial charge in [0.1, 0.15) is 12.4 Å². The second-order valence-corrected chi connectivity index (χ2v) is 9.63. The summed E-state index contributed by atoms with van der Waals surface area (Å²) in [6, 6.07) is 13.0. The molecule has 0 bridgehead atoms. The highest BCUT2D eigenvalue weighted by Crippen LogP contribution is 2.32. The van der Waals surface area contributed by atoms with Gasteiger partial charge in [-0.3, -0.25) is 9.10 Å². The molecule has 14 heteroatoms. The molecule has 0 aliphatic rings. The lowest BCUT2D eigenvalue weighted by atomic mass is 10.2. The Kier molecular flexibility index (Phi) is 9.86. The fourth-order valence-electron chi connectivity index (χ4n) is 3.35. The molecule has 0 atom stereocenters. The highest BCUT2D eigenvalue weighted by molar-refractivity contribution is 7.92. The number of ether oxygens (including phenoxy) is 5. The predicted octanol–water partition coefficient (Wildman–Crippen LogP) is 3.34. The maximum absolute atomic E-state index is 13.6. The van der Waals surface area contributed by atoms with E-state index in [0.717, 1.165) is 23.5 Å². The maximum Gasteiger partial charge on any atom is 0.513 e. The summed E-state index contributed by atoms with van der Waals surface area (Å²) in [4.78, 5) is 23.9. The Morgan fingerprint density at radius 1 is 0.875 bits per heavy atom. The molecule has 1 N–H and O–H groups in total. The average molecular weight is 576 g/mol. The zero-order valence-electron chi connectivity index (χ0n) is 21.9. The van der Waals surface area contributed by atoms with Crippen LogP contribution in [-0.4, -0.2) is 61.7 Å². The first-order valence-corrected chi connectivity index (χ1v) is 12.8. The van der Waals surface area contributed by atoms with Gasteiger partial charge >= 0.3 is 6.16 Å². The van der Waals surface area contributed by atoms with E-state index in [1.165, 1.54) is 76.1 Å². The molecule has 0 radical (unpaired) electrons. The summed E-state index contributed by atoms with van der Waals surface area (Å²) in [5.41, 5.74) is 2.76. The van der Waals surface area contributed by atoms with Gasteiger partial charge in [0.05, 0.1) is 45.2 Å². The number of nitrogens with one attached hydrogen (secondary N) is 1. The van der Waals surface area contributed by atoms with Gasteiger partial charge in [-0.05, 0) is 60.2 Å². The number of nitrogens with zero attached hydrogens (tertiary/aromatic N) is 2. The Morgan fingerprint density at radius 3 is 2.12 bits per heavy atom. The first-order chi connectivity index (χ1) is 19.1. The second-order valence-electron chi connectivity index (χ2n) is 7.76. The number of hydrogen-bond acceptors (Lipinski definition) is 10. The van der Waals surface area contributed by atoms with Crippen molar-refractivity contribution in [2.75, 3.05) is 39.3 Å². The second kappa shape index (κ2) is 13.3. The van der Waals surface area contributed by atoms with E-state index in [2.05, 4.69) is 15.3 Å². The van der Waals surface area contributed by atoms with Gasteiger partial charge in [-0.2, -0.15) is 5.10 Å². The van der Waals surface area contributed by atoms with Crippen molar-refractivity contribution in [3.8, 4) is 23.0 Å². The fraction of sp³-hybridized carbons (Fsp3) is 0.192. The molecule has 0 spiro atoms. The van der Waals surface area contributed by atoms with Crippen LogP contribution in [0.5, 0.6) is 23.0 Å². The lowest BCUT2D eigenvalue weighted by molar-refractivity contribution is -0.119. The van der Waals surface area contributed by atoms with Gasteiger partial charge in [0.2, 0.25) is 0 Å². The van der Waals surface area contributed by atoms with Crippen molar-refractivity contribution in [3.05, 3.63) is 72.0 Å². The zero-order chi connectivity index (χ0) is 29.3. The van der Waals surface area contributed by atoms with Crippen LogP contribution in [0.15, 0.2) is 70.7 Å². The van der Waals surface area contributed by atoms with Crippen LogP contribution < -0.4 is 28.7 Å². The van der Waals surface area contributed by atoms with Gasteiger partial charge in [-0.15, -0.1) is 0 Å². The third kappa shape index (κ3) is 7.17. The van der Waals surface area contributed by atoms with Crippen molar-refractivity contribution in [2.24, 2.45) is 5.10 Å². The Morgan fingerprint density at radius 2 is 1.50 bits per heavy atom. The third-order valence-electron chi connectivity index (χ3n) is 5.30. The lowest BCUT2D eigenvalue weighted by Gasteiger charge is -2.24. The number of hydrogen-bond donors (Lipinski definition) is 1. The summed E-state index contributed by atoms with van der Waals surface area (Å²) < 4.78 is 66.5. The van der Waals surface area contributed by atoms with E-state index in [0.29, 0.717) is 11.3 Å². The van der Waals surface area contributed by atoms with Gasteiger partial charge in [0, 0.05) is 6.07 Å². The predicted molar refractivity (Wildman–Crippen MR) is 142 cm³/mol. The molecule has 1 amide bonds. The van der Waals surface area contributed by atoms with Crippen LogP contribution in [0, 0.1) is 5.82 Å². The minimum atomic E-state index is -4.33. The minimum Gasteiger partial charge on any atom is -0.493 e. The molecule has 3 rings (SSSR count). The molecule has 12 nitrogen and oxygen atoms in total. The highest BCUT2D eigenvalue weighted by atomic mass is 32.2. The first-order valence-electron chi connectivity index (χ1n) is 11.4. The average Bonchev–Trinajstić information content (AvgIpc) is 2.96. The molecule has 0 saturated carbocycles. The van der Waals surface area contributed by atoms with E-state index < -0.39 is 34.4 Å². The number of rotatable bonds is 11. The summed E-state index contributed by atoms with van der Waals surface area (Å²) >= 11 is 0. The standard InChI is InChI=1S/C26H26FN3O9S/c1-35-21-12-10-20(14-24(21)37-3)40(33,34)30(19-8-6-18(27)7-9-19)16-25(31)29-28-15-17-5-11-22(23(13-17)36-2)39-26(32)38-4/h5-15H,16H2,1-4H3,(H,29,31)/b28-15-. The molecule has 0 saturated heterocycles. The number of hydrazone groups is 1. The SMILES string of the molecule is COC(=O)Oc1ccc(/C=N\NC(=O)CN(c2ccc(F)cc2)S(=O)(=O)c2ccc(OC)c(OC)c2)cc1OC. The smallest absolute Gasteiger partial charge is 0.493 e. The van der Waals surface area contributed by atoms with E-state index in [-0.39, 0.29) is 27.8 Å². The van der Waals surface area contributed by atoms with Crippen LogP contribution >= 0.6 is 0 Å². The number of amides is 1. The topological polar surface area (TPSA) is 142 Å². The van der Waals surface area contributed by atoms with Crippen molar-refractivity contribution >= 4 is 34.0 Å². The van der Waals surface area contributed by atoms with Crippen molar-refractivity contribution < 1.29 is 46.1 Å². The Balaban J connectivity index is 1.83.